The summed E-state index contributed by atoms with van der Waals surface area (Å²) in [5.74, 6) is -2.89. The lowest BCUT2D eigenvalue weighted by molar-refractivity contribution is -0.118. The van der Waals surface area contributed by atoms with Gasteiger partial charge in [0, 0.05) is 16.8 Å². The van der Waals surface area contributed by atoms with Crippen LogP contribution in [0.25, 0.3) is 0 Å². The molecular weight excluding hydrogens is 360 g/mol. The molecule has 0 saturated carbocycles. The molecule has 2 aromatic carbocycles. The summed E-state index contributed by atoms with van der Waals surface area (Å²) in [7, 11) is 0. The molecule has 0 aromatic heterocycles. The van der Waals surface area contributed by atoms with Gasteiger partial charge in [-0.1, -0.05) is 42.5 Å². The summed E-state index contributed by atoms with van der Waals surface area (Å²) in [6, 6.07) is 15.0. The van der Waals surface area contributed by atoms with Crippen LogP contribution in [0.4, 0.5) is 0 Å². The Hall–Kier alpha value is -4.05. The van der Waals surface area contributed by atoms with E-state index in [0.717, 1.165) is 0 Å². The monoisotopic (exact) mass is 376 g/mol. The fraction of sp³-hybridized carbons (Fsp3) is 0.0952. The Labute approximate surface area is 161 Å². The Kier molecular flexibility index (Phi) is 6.55. The van der Waals surface area contributed by atoms with Crippen molar-refractivity contribution in [2.24, 2.45) is 5.73 Å². The molecule has 0 spiro atoms. The van der Waals surface area contributed by atoms with E-state index in [1.54, 1.807) is 24.3 Å². The number of benzene rings is 2. The Morgan fingerprint density at radius 1 is 0.893 bits per heavy atom. The third kappa shape index (κ3) is 4.77. The molecule has 0 radical (unpaired) electrons. The van der Waals surface area contributed by atoms with Crippen molar-refractivity contribution in [2.75, 3.05) is 6.61 Å². The Bertz CT molecular complexity index is 995. The first-order valence-corrected chi connectivity index (χ1v) is 8.16. The quantitative estimate of drug-likeness (QED) is 0.258. The first-order valence-electron chi connectivity index (χ1n) is 8.16. The molecule has 0 saturated heterocycles. The van der Waals surface area contributed by atoms with Crippen molar-refractivity contribution in [3.8, 4) is 6.07 Å². The highest BCUT2D eigenvalue weighted by atomic mass is 16.5. The van der Waals surface area contributed by atoms with E-state index >= 15 is 0 Å². The van der Waals surface area contributed by atoms with Crippen LogP contribution in [0.5, 0.6) is 0 Å². The number of hydrogen-bond donors (Lipinski definition) is 1. The van der Waals surface area contributed by atoms with E-state index in [4.69, 9.17) is 15.7 Å². The number of ether oxygens (including phenoxy) is 1. The molecule has 0 aliphatic heterocycles. The molecule has 0 bridgehead atoms. The maximum absolute atomic E-state index is 12.3. The van der Waals surface area contributed by atoms with Gasteiger partial charge in [0.2, 0.25) is 17.3 Å². The average Bonchev–Trinajstić information content (AvgIpc) is 2.72. The zero-order chi connectivity index (χ0) is 20.7. The van der Waals surface area contributed by atoms with Crippen LogP contribution in [0, 0.1) is 11.3 Å². The molecule has 0 atom stereocenters. The molecule has 7 nitrogen and oxygen atoms in total. The van der Waals surface area contributed by atoms with Crippen molar-refractivity contribution < 1.29 is 23.9 Å². The van der Waals surface area contributed by atoms with Gasteiger partial charge in [-0.2, -0.15) is 5.26 Å². The Morgan fingerprint density at radius 2 is 1.39 bits per heavy atom. The van der Waals surface area contributed by atoms with Gasteiger partial charge in [0.15, 0.2) is 6.61 Å². The Balaban J connectivity index is 2.04. The minimum Gasteiger partial charge on any atom is -0.454 e. The average molecular weight is 376 g/mol. The zero-order valence-corrected chi connectivity index (χ0v) is 15.0. The van der Waals surface area contributed by atoms with Gasteiger partial charge in [-0.05, 0) is 19.1 Å². The normalized spacial score (nSPS) is 11.0. The largest absolute Gasteiger partial charge is 0.454 e. The number of allylic oxidation sites excluding steroid dienone is 1. The minimum atomic E-state index is -0.811. The number of hydrogen-bond acceptors (Lipinski definition) is 7. The molecule has 28 heavy (non-hydrogen) atoms. The molecule has 140 valence electrons. The lowest BCUT2D eigenvalue weighted by Crippen LogP contribution is -2.18. The van der Waals surface area contributed by atoms with E-state index < -0.39 is 29.9 Å². The second-order valence-corrected chi connectivity index (χ2v) is 5.77. The molecule has 0 heterocycles. The predicted octanol–water partition coefficient (Wildman–Crippen LogP) is 2.23. The first kappa shape index (κ1) is 20.3. The van der Waals surface area contributed by atoms with Crippen LogP contribution in [-0.4, -0.2) is 29.9 Å². The number of nitrogens with two attached hydrogens (primary N) is 1. The van der Waals surface area contributed by atoms with Crippen LogP contribution in [0.1, 0.15) is 38.0 Å². The second-order valence-electron chi connectivity index (χ2n) is 5.77. The van der Waals surface area contributed by atoms with E-state index in [2.05, 4.69) is 0 Å². The molecule has 0 fully saturated rings. The minimum absolute atomic E-state index is 0.0366. The van der Waals surface area contributed by atoms with Crippen LogP contribution in [0.15, 0.2) is 65.9 Å². The maximum atomic E-state index is 12.3. The summed E-state index contributed by atoms with van der Waals surface area (Å²) in [6.07, 6.45) is 0. The van der Waals surface area contributed by atoms with E-state index in [9.17, 15) is 19.2 Å². The number of ketones is 3. The van der Waals surface area contributed by atoms with Crippen molar-refractivity contribution in [3.05, 3.63) is 82.6 Å². The SMILES string of the molecule is CC(N)=C(C#N)C(=O)COC(=O)c1ccc(C(=O)C(=O)c2ccccc2)cc1. The number of carbonyl (C=O) groups is 4. The molecule has 0 amide bonds. The predicted molar refractivity (Wildman–Crippen MR) is 99.3 cm³/mol. The molecule has 0 aliphatic rings. The maximum Gasteiger partial charge on any atom is 0.338 e. The van der Waals surface area contributed by atoms with Gasteiger partial charge >= 0.3 is 5.97 Å². The van der Waals surface area contributed by atoms with Crippen molar-refractivity contribution in [1.82, 2.24) is 0 Å². The van der Waals surface area contributed by atoms with Gasteiger partial charge < -0.3 is 10.5 Å². The van der Waals surface area contributed by atoms with Gasteiger partial charge in [0.1, 0.15) is 11.6 Å². The van der Waals surface area contributed by atoms with Gasteiger partial charge in [-0.25, -0.2) is 4.79 Å². The molecule has 2 rings (SSSR count). The van der Waals surface area contributed by atoms with Gasteiger partial charge in [0.05, 0.1) is 5.56 Å². The summed E-state index contributed by atoms with van der Waals surface area (Å²) in [6.45, 7) is 0.758. The summed E-state index contributed by atoms with van der Waals surface area (Å²) >= 11 is 0. The molecular formula is C21H16N2O5. The molecule has 7 heteroatoms. The smallest absolute Gasteiger partial charge is 0.338 e. The van der Waals surface area contributed by atoms with Gasteiger partial charge in [-0.3, -0.25) is 14.4 Å². The van der Waals surface area contributed by atoms with Crippen molar-refractivity contribution >= 4 is 23.3 Å². The lowest BCUT2D eigenvalue weighted by Gasteiger charge is -2.05. The van der Waals surface area contributed by atoms with Crippen LogP contribution >= 0.6 is 0 Å². The van der Waals surface area contributed by atoms with Crippen molar-refractivity contribution in [3.63, 3.8) is 0 Å². The standard InChI is InChI=1S/C21H16N2O5/c1-13(23)17(11-22)18(24)12-28-21(27)16-9-7-15(8-10-16)20(26)19(25)14-5-3-2-4-6-14/h2-10H,12,23H2,1H3. The number of Topliss-reactive ketones (excluding diaryl/α,β-unsaturated/α-hetero) is 3. The van der Waals surface area contributed by atoms with Crippen LogP contribution in [0.2, 0.25) is 0 Å². The second kappa shape index (κ2) is 9.05. The summed E-state index contributed by atoms with van der Waals surface area (Å²) < 4.78 is 4.86. The van der Waals surface area contributed by atoms with Gasteiger partial charge in [0.25, 0.3) is 0 Å². The van der Waals surface area contributed by atoms with E-state index in [-0.39, 0.29) is 28.0 Å². The highest BCUT2D eigenvalue weighted by Gasteiger charge is 2.19. The molecule has 0 unspecified atom stereocenters. The summed E-state index contributed by atoms with van der Waals surface area (Å²) in [4.78, 5) is 48.2. The van der Waals surface area contributed by atoms with Crippen molar-refractivity contribution in [2.45, 2.75) is 6.92 Å². The number of esters is 1. The molecule has 2 N–H and O–H groups in total. The van der Waals surface area contributed by atoms with Crippen LogP contribution in [0.3, 0.4) is 0 Å². The Morgan fingerprint density at radius 3 is 1.89 bits per heavy atom. The van der Waals surface area contributed by atoms with Gasteiger partial charge in [-0.15, -0.1) is 0 Å². The van der Waals surface area contributed by atoms with E-state index in [0.29, 0.717) is 0 Å². The summed E-state index contributed by atoms with van der Waals surface area (Å²) in [5.41, 5.74) is 5.66. The molecule has 0 aliphatic carbocycles. The third-order valence-electron chi connectivity index (χ3n) is 3.74. The van der Waals surface area contributed by atoms with Crippen molar-refractivity contribution in [1.29, 1.82) is 5.26 Å². The number of carbonyl (C=O) groups excluding carboxylic acids is 4. The van der Waals surface area contributed by atoms with E-state index in [1.165, 1.54) is 43.3 Å². The lowest BCUT2D eigenvalue weighted by atomic mass is 10.0. The zero-order valence-electron chi connectivity index (χ0n) is 15.0. The highest BCUT2D eigenvalue weighted by Crippen LogP contribution is 2.11. The fourth-order valence-corrected chi connectivity index (χ4v) is 2.27. The third-order valence-corrected chi connectivity index (χ3v) is 3.74. The van der Waals surface area contributed by atoms with Crippen LogP contribution < -0.4 is 5.73 Å². The summed E-state index contributed by atoms with van der Waals surface area (Å²) in [5, 5.41) is 8.85. The van der Waals surface area contributed by atoms with Crippen LogP contribution in [-0.2, 0) is 9.53 Å². The number of nitriles is 1. The fourth-order valence-electron chi connectivity index (χ4n) is 2.27. The topological polar surface area (TPSA) is 127 Å². The first-order chi connectivity index (χ1) is 13.3. The number of nitrogens with zero attached hydrogens (tertiary/aromatic N) is 1. The molecule has 2 aromatic rings. The number of rotatable bonds is 7. The highest BCUT2D eigenvalue weighted by molar-refractivity contribution is 6.49. The van der Waals surface area contributed by atoms with E-state index in [1.807, 2.05) is 0 Å².